The molecule has 0 atom stereocenters. The van der Waals surface area contributed by atoms with Gasteiger partial charge in [-0.15, -0.1) is 0 Å². The van der Waals surface area contributed by atoms with Gasteiger partial charge in [0.2, 0.25) is 0 Å². The third-order valence-electron chi connectivity index (χ3n) is 3.10. The molecule has 0 saturated heterocycles. The van der Waals surface area contributed by atoms with E-state index in [1.54, 1.807) is 25.2 Å². The Kier molecular flexibility index (Phi) is 4.80. The number of aryl methyl sites for hydroxylation is 2. The Morgan fingerprint density at radius 2 is 1.52 bits per heavy atom. The van der Waals surface area contributed by atoms with Crippen molar-refractivity contribution in [3.8, 4) is 0 Å². The number of anilines is 1. The third kappa shape index (κ3) is 3.49. The standard InChI is InChI=1S/C15H15Br2NO2S/c1-10-6-11(2)8-13(7-10)18(3)21(19,20)15-5-4-12(16)9-14(15)17/h4-9H,1-3H3. The second kappa shape index (κ2) is 6.10. The molecular weight excluding hydrogens is 418 g/mol. The van der Waals surface area contributed by atoms with Crippen molar-refractivity contribution in [3.63, 3.8) is 0 Å². The molecule has 21 heavy (non-hydrogen) atoms. The number of benzene rings is 2. The Bertz CT molecular complexity index is 768. The van der Waals surface area contributed by atoms with Crippen molar-refractivity contribution in [3.05, 3.63) is 56.5 Å². The Morgan fingerprint density at radius 3 is 2.05 bits per heavy atom. The van der Waals surface area contributed by atoms with Gasteiger partial charge < -0.3 is 0 Å². The highest BCUT2D eigenvalue weighted by Crippen LogP contribution is 2.30. The van der Waals surface area contributed by atoms with Crippen molar-refractivity contribution in [2.45, 2.75) is 18.7 Å². The summed E-state index contributed by atoms with van der Waals surface area (Å²) in [7, 11) is -2.04. The quantitative estimate of drug-likeness (QED) is 0.707. The van der Waals surface area contributed by atoms with Gasteiger partial charge in [0.15, 0.2) is 0 Å². The molecule has 0 fully saturated rings. The molecule has 0 amide bonds. The summed E-state index contributed by atoms with van der Waals surface area (Å²) in [4.78, 5) is 0.243. The average Bonchev–Trinajstić information content (AvgIpc) is 2.36. The van der Waals surface area contributed by atoms with E-state index in [1.807, 2.05) is 32.0 Å². The largest absolute Gasteiger partial charge is 0.269 e. The van der Waals surface area contributed by atoms with Crippen molar-refractivity contribution in [2.24, 2.45) is 0 Å². The molecule has 0 aliphatic heterocycles. The minimum absolute atomic E-state index is 0.243. The van der Waals surface area contributed by atoms with Crippen LogP contribution >= 0.6 is 31.9 Å². The molecule has 0 bridgehead atoms. The second-order valence-electron chi connectivity index (χ2n) is 4.89. The van der Waals surface area contributed by atoms with Crippen LogP contribution in [-0.4, -0.2) is 15.5 Å². The van der Waals surface area contributed by atoms with E-state index in [2.05, 4.69) is 31.9 Å². The van der Waals surface area contributed by atoms with E-state index in [1.165, 1.54) is 4.31 Å². The van der Waals surface area contributed by atoms with Crippen LogP contribution in [0.15, 0.2) is 50.2 Å². The molecule has 2 aromatic rings. The zero-order chi connectivity index (χ0) is 15.8. The summed E-state index contributed by atoms with van der Waals surface area (Å²) < 4.78 is 28.2. The molecule has 2 rings (SSSR count). The van der Waals surface area contributed by atoms with Gasteiger partial charge >= 0.3 is 0 Å². The molecule has 0 radical (unpaired) electrons. The van der Waals surface area contributed by atoms with Crippen molar-refractivity contribution in [1.82, 2.24) is 0 Å². The first-order chi connectivity index (χ1) is 9.71. The van der Waals surface area contributed by atoms with Gasteiger partial charge in [0, 0.05) is 16.0 Å². The molecule has 0 aliphatic carbocycles. The summed E-state index contributed by atoms with van der Waals surface area (Å²) in [5, 5.41) is 0. The minimum Gasteiger partial charge on any atom is -0.269 e. The van der Waals surface area contributed by atoms with Crippen LogP contribution in [0.3, 0.4) is 0 Å². The van der Waals surface area contributed by atoms with Crippen molar-refractivity contribution >= 4 is 47.6 Å². The number of sulfonamides is 1. The third-order valence-corrected chi connectivity index (χ3v) is 6.36. The number of hydrogen-bond acceptors (Lipinski definition) is 2. The fourth-order valence-electron chi connectivity index (χ4n) is 2.10. The molecule has 0 spiro atoms. The first-order valence-corrected chi connectivity index (χ1v) is 9.26. The normalized spacial score (nSPS) is 11.5. The molecule has 112 valence electrons. The second-order valence-corrected chi connectivity index (χ2v) is 8.60. The highest BCUT2D eigenvalue weighted by atomic mass is 79.9. The lowest BCUT2D eigenvalue weighted by atomic mass is 10.1. The fraction of sp³-hybridized carbons (Fsp3) is 0.200. The monoisotopic (exact) mass is 431 g/mol. The van der Waals surface area contributed by atoms with Crippen LogP contribution in [0.2, 0.25) is 0 Å². The van der Waals surface area contributed by atoms with Crippen LogP contribution in [0, 0.1) is 13.8 Å². The number of halogens is 2. The van der Waals surface area contributed by atoms with Crippen molar-refractivity contribution < 1.29 is 8.42 Å². The van der Waals surface area contributed by atoms with E-state index in [0.717, 1.165) is 15.6 Å². The van der Waals surface area contributed by atoms with Crippen LogP contribution in [0.25, 0.3) is 0 Å². The summed E-state index contributed by atoms with van der Waals surface area (Å²) in [5.74, 6) is 0. The van der Waals surface area contributed by atoms with E-state index in [0.29, 0.717) is 10.2 Å². The first-order valence-electron chi connectivity index (χ1n) is 6.24. The van der Waals surface area contributed by atoms with Gasteiger partial charge in [-0.25, -0.2) is 8.42 Å². The summed E-state index contributed by atoms with van der Waals surface area (Å²) in [6.07, 6.45) is 0. The van der Waals surface area contributed by atoms with E-state index < -0.39 is 10.0 Å². The zero-order valence-electron chi connectivity index (χ0n) is 11.9. The van der Waals surface area contributed by atoms with Gasteiger partial charge in [0.1, 0.15) is 4.90 Å². The van der Waals surface area contributed by atoms with E-state index >= 15 is 0 Å². The van der Waals surface area contributed by atoms with E-state index in [-0.39, 0.29) is 4.90 Å². The Labute approximate surface area is 142 Å². The predicted octanol–water partition coefficient (Wildman–Crippen LogP) is 4.65. The average molecular weight is 433 g/mol. The number of nitrogens with zero attached hydrogens (tertiary/aromatic N) is 1. The fourth-order valence-corrected chi connectivity index (χ4v) is 4.99. The highest BCUT2D eigenvalue weighted by molar-refractivity contribution is 9.11. The number of rotatable bonds is 3. The van der Waals surface area contributed by atoms with Crippen LogP contribution in [-0.2, 0) is 10.0 Å². The lowest BCUT2D eigenvalue weighted by molar-refractivity contribution is 0.594. The van der Waals surface area contributed by atoms with Gasteiger partial charge in [0.05, 0.1) is 5.69 Å². The molecule has 0 unspecified atom stereocenters. The molecule has 0 aromatic heterocycles. The molecule has 0 N–H and O–H groups in total. The van der Waals surface area contributed by atoms with Gasteiger partial charge in [-0.05, 0) is 71.2 Å². The molecule has 0 saturated carbocycles. The Morgan fingerprint density at radius 1 is 0.952 bits per heavy atom. The minimum atomic E-state index is -3.61. The van der Waals surface area contributed by atoms with Crippen LogP contribution in [0.1, 0.15) is 11.1 Å². The van der Waals surface area contributed by atoms with E-state index in [4.69, 9.17) is 0 Å². The van der Waals surface area contributed by atoms with Gasteiger partial charge in [-0.3, -0.25) is 4.31 Å². The maximum Gasteiger partial charge on any atom is 0.265 e. The molecule has 2 aromatic carbocycles. The summed E-state index contributed by atoms with van der Waals surface area (Å²) in [6.45, 7) is 3.90. The first kappa shape index (κ1) is 16.5. The smallest absolute Gasteiger partial charge is 0.265 e. The topological polar surface area (TPSA) is 37.4 Å². The molecule has 0 heterocycles. The summed E-state index contributed by atoms with van der Waals surface area (Å²) in [6, 6.07) is 10.8. The molecular formula is C15H15Br2NO2S. The maximum absolute atomic E-state index is 12.8. The summed E-state index contributed by atoms with van der Waals surface area (Å²) >= 11 is 6.64. The Balaban J connectivity index is 2.52. The van der Waals surface area contributed by atoms with Crippen molar-refractivity contribution in [1.29, 1.82) is 0 Å². The molecule has 3 nitrogen and oxygen atoms in total. The zero-order valence-corrected chi connectivity index (χ0v) is 15.9. The van der Waals surface area contributed by atoms with Crippen LogP contribution in [0.5, 0.6) is 0 Å². The van der Waals surface area contributed by atoms with Gasteiger partial charge in [-0.2, -0.15) is 0 Å². The lowest BCUT2D eigenvalue weighted by Crippen LogP contribution is -2.27. The highest BCUT2D eigenvalue weighted by Gasteiger charge is 2.24. The molecule has 6 heteroatoms. The SMILES string of the molecule is Cc1cc(C)cc(N(C)S(=O)(=O)c2ccc(Br)cc2Br)c1. The molecule has 0 aliphatic rings. The lowest BCUT2D eigenvalue weighted by Gasteiger charge is -2.21. The van der Waals surface area contributed by atoms with Crippen LogP contribution < -0.4 is 4.31 Å². The van der Waals surface area contributed by atoms with Gasteiger partial charge in [0.25, 0.3) is 10.0 Å². The van der Waals surface area contributed by atoms with Crippen LogP contribution in [0.4, 0.5) is 5.69 Å². The maximum atomic E-state index is 12.8. The Hall–Kier alpha value is -0.850. The summed E-state index contributed by atoms with van der Waals surface area (Å²) in [5.41, 5.74) is 2.71. The van der Waals surface area contributed by atoms with Gasteiger partial charge in [-0.1, -0.05) is 22.0 Å². The number of hydrogen-bond donors (Lipinski definition) is 0. The van der Waals surface area contributed by atoms with Crippen molar-refractivity contribution in [2.75, 3.05) is 11.4 Å². The predicted molar refractivity (Wildman–Crippen MR) is 93.3 cm³/mol. The van der Waals surface area contributed by atoms with E-state index in [9.17, 15) is 8.42 Å².